The van der Waals surface area contributed by atoms with Crippen molar-refractivity contribution in [3.8, 4) is 0 Å². The second-order valence-corrected chi connectivity index (χ2v) is 3.73. The molecule has 0 aliphatic heterocycles. The quantitative estimate of drug-likeness (QED) is 0.795. The molecule has 15 heavy (non-hydrogen) atoms. The molecule has 0 amide bonds. The fourth-order valence-electron chi connectivity index (χ4n) is 1.71. The summed E-state index contributed by atoms with van der Waals surface area (Å²) in [6.45, 7) is 8.30. The van der Waals surface area contributed by atoms with Crippen LogP contribution in [0.2, 0.25) is 0 Å². The molecule has 2 unspecified atom stereocenters. The van der Waals surface area contributed by atoms with Gasteiger partial charge in [0.25, 0.3) is 0 Å². The molecule has 1 heteroatoms. The molecular formula is C14H25N. The number of benzene rings is 1. The van der Waals surface area contributed by atoms with Crippen LogP contribution in [0.3, 0.4) is 0 Å². The van der Waals surface area contributed by atoms with Crippen LogP contribution in [-0.4, -0.2) is 6.04 Å². The smallest absolute Gasteiger partial charge is 0.00163 e. The van der Waals surface area contributed by atoms with Crippen LogP contribution in [0, 0.1) is 0 Å². The molecule has 2 atom stereocenters. The number of nitrogens with two attached hydrogens (primary N) is 1. The zero-order valence-corrected chi connectivity index (χ0v) is 10.5. The first-order valence-corrected chi connectivity index (χ1v) is 6.04. The Morgan fingerprint density at radius 2 is 1.67 bits per heavy atom. The minimum atomic E-state index is 0.296. The maximum atomic E-state index is 5.81. The highest BCUT2D eigenvalue weighted by Crippen LogP contribution is 2.23. The number of rotatable bonds is 4. The zero-order valence-electron chi connectivity index (χ0n) is 10.5. The van der Waals surface area contributed by atoms with Crippen molar-refractivity contribution in [2.24, 2.45) is 5.73 Å². The van der Waals surface area contributed by atoms with Gasteiger partial charge in [-0.15, -0.1) is 0 Å². The van der Waals surface area contributed by atoms with E-state index in [-0.39, 0.29) is 0 Å². The van der Waals surface area contributed by atoms with Crippen molar-refractivity contribution in [2.75, 3.05) is 0 Å². The van der Waals surface area contributed by atoms with Crippen molar-refractivity contribution < 1.29 is 0 Å². The molecule has 1 aromatic rings. The average molecular weight is 207 g/mol. The summed E-state index contributed by atoms with van der Waals surface area (Å²) in [6, 6.07) is 10.9. The fraction of sp³-hybridized carbons (Fsp3) is 0.571. The third-order valence-corrected chi connectivity index (χ3v) is 2.42. The van der Waals surface area contributed by atoms with Gasteiger partial charge in [-0.05, 0) is 31.2 Å². The third-order valence-electron chi connectivity index (χ3n) is 2.42. The van der Waals surface area contributed by atoms with Crippen LogP contribution in [0.15, 0.2) is 30.3 Å². The molecular weight excluding hydrogens is 182 g/mol. The SMILES string of the molecule is CC.CCC(CC(C)N)c1ccccc1. The van der Waals surface area contributed by atoms with Gasteiger partial charge in [-0.2, -0.15) is 0 Å². The summed E-state index contributed by atoms with van der Waals surface area (Å²) in [7, 11) is 0. The molecule has 0 saturated heterocycles. The van der Waals surface area contributed by atoms with Gasteiger partial charge in [0.05, 0.1) is 0 Å². The van der Waals surface area contributed by atoms with E-state index in [2.05, 4.69) is 44.2 Å². The second kappa shape index (κ2) is 8.49. The molecule has 0 aliphatic carbocycles. The molecule has 0 spiro atoms. The summed E-state index contributed by atoms with van der Waals surface area (Å²) >= 11 is 0. The first kappa shape index (κ1) is 14.2. The maximum Gasteiger partial charge on any atom is 0.00163 e. The predicted molar refractivity (Wildman–Crippen MR) is 69.1 cm³/mol. The Kier molecular flexibility index (Phi) is 8.02. The van der Waals surface area contributed by atoms with E-state index in [1.807, 2.05) is 13.8 Å². The summed E-state index contributed by atoms with van der Waals surface area (Å²) in [6.07, 6.45) is 2.26. The molecule has 0 radical (unpaired) electrons. The van der Waals surface area contributed by atoms with Crippen LogP contribution in [0.25, 0.3) is 0 Å². The minimum absolute atomic E-state index is 0.296. The summed E-state index contributed by atoms with van der Waals surface area (Å²) in [5, 5.41) is 0. The van der Waals surface area contributed by atoms with E-state index in [0.717, 1.165) is 6.42 Å². The van der Waals surface area contributed by atoms with Crippen molar-refractivity contribution in [3.63, 3.8) is 0 Å². The summed E-state index contributed by atoms with van der Waals surface area (Å²) in [5.74, 6) is 0.626. The number of hydrogen-bond donors (Lipinski definition) is 1. The highest BCUT2D eigenvalue weighted by Gasteiger charge is 2.10. The molecule has 0 bridgehead atoms. The molecule has 0 saturated carbocycles. The largest absolute Gasteiger partial charge is 0.328 e. The van der Waals surface area contributed by atoms with Gasteiger partial charge in [0.15, 0.2) is 0 Å². The lowest BCUT2D eigenvalue weighted by Crippen LogP contribution is -2.18. The maximum absolute atomic E-state index is 5.81. The van der Waals surface area contributed by atoms with E-state index in [4.69, 9.17) is 5.73 Å². The molecule has 2 N–H and O–H groups in total. The fourth-order valence-corrected chi connectivity index (χ4v) is 1.71. The first-order valence-electron chi connectivity index (χ1n) is 6.04. The minimum Gasteiger partial charge on any atom is -0.328 e. The lowest BCUT2D eigenvalue weighted by molar-refractivity contribution is 0.540. The molecule has 1 rings (SSSR count). The van der Waals surface area contributed by atoms with Crippen molar-refractivity contribution in [2.45, 2.75) is 52.5 Å². The van der Waals surface area contributed by atoms with Crippen LogP contribution in [0.5, 0.6) is 0 Å². The van der Waals surface area contributed by atoms with Crippen LogP contribution >= 0.6 is 0 Å². The van der Waals surface area contributed by atoms with E-state index in [0.29, 0.717) is 12.0 Å². The van der Waals surface area contributed by atoms with Gasteiger partial charge < -0.3 is 5.73 Å². The van der Waals surface area contributed by atoms with E-state index >= 15 is 0 Å². The van der Waals surface area contributed by atoms with Gasteiger partial charge >= 0.3 is 0 Å². The Hall–Kier alpha value is -0.820. The topological polar surface area (TPSA) is 26.0 Å². The van der Waals surface area contributed by atoms with E-state index in [9.17, 15) is 0 Å². The Morgan fingerprint density at radius 1 is 1.13 bits per heavy atom. The van der Waals surface area contributed by atoms with Gasteiger partial charge in [-0.3, -0.25) is 0 Å². The lowest BCUT2D eigenvalue weighted by atomic mass is 9.91. The number of hydrogen-bond acceptors (Lipinski definition) is 1. The molecule has 0 heterocycles. The Morgan fingerprint density at radius 3 is 2.07 bits per heavy atom. The van der Waals surface area contributed by atoms with Crippen molar-refractivity contribution in [1.29, 1.82) is 0 Å². The van der Waals surface area contributed by atoms with Crippen LogP contribution in [0.4, 0.5) is 0 Å². The normalized spacial score (nSPS) is 13.7. The Balaban J connectivity index is 0.000000921. The van der Waals surface area contributed by atoms with E-state index in [1.54, 1.807) is 0 Å². The molecule has 0 aliphatic rings. The zero-order chi connectivity index (χ0) is 11.7. The average Bonchev–Trinajstić information content (AvgIpc) is 2.29. The van der Waals surface area contributed by atoms with E-state index < -0.39 is 0 Å². The van der Waals surface area contributed by atoms with E-state index in [1.165, 1.54) is 12.0 Å². The predicted octanol–water partition coefficient (Wildman–Crippen LogP) is 3.94. The summed E-state index contributed by atoms with van der Waals surface area (Å²) < 4.78 is 0. The first-order chi connectivity index (χ1) is 7.24. The lowest BCUT2D eigenvalue weighted by Gasteiger charge is -2.17. The molecule has 0 aromatic heterocycles. The molecule has 86 valence electrons. The third kappa shape index (κ3) is 5.58. The van der Waals surface area contributed by atoms with Gasteiger partial charge in [0, 0.05) is 6.04 Å². The molecule has 1 aromatic carbocycles. The van der Waals surface area contributed by atoms with Gasteiger partial charge in [0.1, 0.15) is 0 Å². The van der Waals surface area contributed by atoms with Crippen LogP contribution in [0.1, 0.15) is 52.0 Å². The Bertz CT molecular complexity index is 228. The van der Waals surface area contributed by atoms with Crippen LogP contribution in [-0.2, 0) is 0 Å². The van der Waals surface area contributed by atoms with Gasteiger partial charge in [-0.25, -0.2) is 0 Å². The Labute approximate surface area is 94.7 Å². The highest BCUT2D eigenvalue weighted by atomic mass is 14.6. The highest BCUT2D eigenvalue weighted by molar-refractivity contribution is 5.19. The second-order valence-electron chi connectivity index (χ2n) is 3.73. The van der Waals surface area contributed by atoms with Crippen molar-refractivity contribution in [1.82, 2.24) is 0 Å². The standard InChI is InChI=1S/C12H19N.C2H6/c1-3-11(9-10(2)13)12-7-5-4-6-8-12;1-2/h4-8,10-11H,3,9,13H2,1-2H3;1-2H3. The van der Waals surface area contributed by atoms with Crippen molar-refractivity contribution in [3.05, 3.63) is 35.9 Å². The summed E-state index contributed by atoms with van der Waals surface area (Å²) in [5.41, 5.74) is 7.23. The van der Waals surface area contributed by atoms with Gasteiger partial charge in [0.2, 0.25) is 0 Å². The summed E-state index contributed by atoms with van der Waals surface area (Å²) in [4.78, 5) is 0. The van der Waals surface area contributed by atoms with Gasteiger partial charge in [-0.1, -0.05) is 51.1 Å². The van der Waals surface area contributed by atoms with Crippen LogP contribution < -0.4 is 5.73 Å². The monoisotopic (exact) mass is 207 g/mol. The van der Waals surface area contributed by atoms with Crippen molar-refractivity contribution >= 4 is 0 Å². The molecule has 0 fully saturated rings. The molecule has 1 nitrogen and oxygen atoms in total.